The molecule has 0 N–H and O–H groups in total. The maximum absolute atomic E-state index is 5.95. The highest BCUT2D eigenvalue weighted by atomic mass is 35.5. The van der Waals surface area contributed by atoms with Crippen molar-refractivity contribution < 1.29 is 0 Å². The maximum Gasteiger partial charge on any atom is 0.173 e. The van der Waals surface area contributed by atoms with Gasteiger partial charge in [-0.1, -0.05) is 41.4 Å². The second-order valence-electron chi connectivity index (χ2n) is 3.95. The summed E-state index contributed by atoms with van der Waals surface area (Å²) in [6.07, 6.45) is 1.75. The normalized spacial score (nSPS) is 11.5. The van der Waals surface area contributed by atoms with Crippen LogP contribution in [0.3, 0.4) is 0 Å². The van der Waals surface area contributed by atoms with Crippen LogP contribution in [0.5, 0.6) is 0 Å². The smallest absolute Gasteiger partial charge is 0.173 e. The molecule has 0 bridgehead atoms. The quantitative estimate of drug-likeness (QED) is 0.450. The number of thiazole rings is 1. The third kappa shape index (κ3) is 3.15. The minimum Gasteiger partial charge on any atom is -0.228 e. The summed E-state index contributed by atoms with van der Waals surface area (Å²) in [6.45, 7) is 0. The van der Waals surface area contributed by atoms with Gasteiger partial charge < -0.3 is 0 Å². The van der Waals surface area contributed by atoms with Crippen molar-refractivity contribution in [3.8, 4) is 0 Å². The number of aromatic nitrogens is 1. The molecule has 6 heteroatoms. The lowest BCUT2D eigenvalue weighted by molar-refractivity contribution is 1.30. The molecule has 3 aromatic rings. The summed E-state index contributed by atoms with van der Waals surface area (Å²) in [4.78, 5) is 4.50. The van der Waals surface area contributed by atoms with E-state index >= 15 is 0 Å². The molecule has 100 valence electrons. The van der Waals surface area contributed by atoms with Crippen LogP contribution in [0, 0.1) is 0 Å². The summed E-state index contributed by atoms with van der Waals surface area (Å²) in [5.74, 6) is 0. The van der Waals surface area contributed by atoms with E-state index in [9.17, 15) is 0 Å². The fourth-order valence-corrected chi connectivity index (χ4v) is 3.57. The van der Waals surface area contributed by atoms with E-state index in [1.807, 2.05) is 24.3 Å². The van der Waals surface area contributed by atoms with Crippen LogP contribution in [0.1, 0.15) is 5.56 Å². The molecule has 0 atom stereocenters. The van der Waals surface area contributed by atoms with Crippen LogP contribution in [-0.2, 0) is 0 Å². The zero-order chi connectivity index (χ0) is 13.9. The zero-order valence-electron chi connectivity index (χ0n) is 10.1. The molecule has 0 saturated carbocycles. The lowest BCUT2D eigenvalue weighted by Gasteiger charge is -1.96. The molecule has 20 heavy (non-hydrogen) atoms. The van der Waals surface area contributed by atoms with Gasteiger partial charge in [0, 0.05) is 18.2 Å². The summed E-state index contributed by atoms with van der Waals surface area (Å²) >= 11 is 14.8. The van der Waals surface area contributed by atoms with Crippen LogP contribution in [0.4, 0.5) is 0 Å². The first-order valence-corrected chi connectivity index (χ1v) is 8.08. The first-order valence-electron chi connectivity index (χ1n) is 5.73. The highest BCUT2D eigenvalue weighted by Gasteiger charge is 2.02. The Labute approximate surface area is 134 Å². The second-order valence-corrected chi connectivity index (χ2v) is 6.83. The van der Waals surface area contributed by atoms with Crippen molar-refractivity contribution in [1.29, 1.82) is 0 Å². The Hall–Kier alpha value is -1.07. The van der Waals surface area contributed by atoms with E-state index in [-0.39, 0.29) is 0 Å². The molecule has 3 rings (SSSR count). The fraction of sp³-hybridized carbons (Fsp3) is 0. The topological polar surface area (TPSA) is 25.2 Å². The molecule has 0 radical (unpaired) electrons. The van der Waals surface area contributed by atoms with Gasteiger partial charge in [0.2, 0.25) is 0 Å². The van der Waals surface area contributed by atoms with E-state index in [0.29, 0.717) is 10.0 Å². The summed E-state index contributed by atoms with van der Waals surface area (Å²) < 4.78 is 6.40. The summed E-state index contributed by atoms with van der Waals surface area (Å²) in [7, 11) is 0. The van der Waals surface area contributed by atoms with Crippen molar-refractivity contribution in [2.45, 2.75) is 4.34 Å². The SMILES string of the molecule is Clc1ccc(/C=N/Sc2nc3ccccc3s2)cc1Cl. The summed E-state index contributed by atoms with van der Waals surface area (Å²) in [6, 6.07) is 13.5. The number of rotatable bonds is 3. The minimum absolute atomic E-state index is 0.528. The van der Waals surface area contributed by atoms with Gasteiger partial charge in [0.1, 0.15) is 0 Å². The highest BCUT2D eigenvalue weighted by molar-refractivity contribution is 8.00. The Morgan fingerprint density at radius 1 is 1.10 bits per heavy atom. The Morgan fingerprint density at radius 3 is 2.75 bits per heavy atom. The standard InChI is InChI=1S/C14H8Cl2N2S2/c15-10-6-5-9(7-11(10)16)8-17-20-14-18-12-3-1-2-4-13(12)19-14/h1-8H/b17-8+. The van der Waals surface area contributed by atoms with Gasteiger partial charge in [0.25, 0.3) is 0 Å². The molecule has 1 heterocycles. The van der Waals surface area contributed by atoms with Gasteiger partial charge >= 0.3 is 0 Å². The zero-order valence-corrected chi connectivity index (χ0v) is 13.2. The van der Waals surface area contributed by atoms with E-state index in [0.717, 1.165) is 15.4 Å². The van der Waals surface area contributed by atoms with Gasteiger partial charge in [-0.25, -0.2) is 9.38 Å². The van der Waals surface area contributed by atoms with Crippen molar-refractivity contribution in [3.63, 3.8) is 0 Å². The molecule has 0 aliphatic carbocycles. The first kappa shape index (κ1) is 13.9. The Kier molecular flexibility index (Phi) is 4.27. The molecule has 0 amide bonds. The lowest BCUT2D eigenvalue weighted by atomic mass is 10.2. The number of fused-ring (bicyclic) bond motifs is 1. The second kappa shape index (κ2) is 6.14. The molecule has 0 unspecified atom stereocenters. The monoisotopic (exact) mass is 338 g/mol. The van der Waals surface area contributed by atoms with Crippen LogP contribution in [0.25, 0.3) is 10.2 Å². The number of benzene rings is 2. The van der Waals surface area contributed by atoms with Gasteiger partial charge in [-0.05, 0) is 29.8 Å². The van der Waals surface area contributed by atoms with Gasteiger partial charge in [-0.15, -0.1) is 11.3 Å². The van der Waals surface area contributed by atoms with Crippen molar-refractivity contribution in [2.75, 3.05) is 0 Å². The predicted octanol–water partition coefficient (Wildman–Crippen LogP) is 5.73. The largest absolute Gasteiger partial charge is 0.228 e. The Balaban J connectivity index is 1.75. The number of halogens is 2. The van der Waals surface area contributed by atoms with Crippen LogP contribution in [0.15, 0.2) is 51.2 Å². The molecular formula is C14H8Cl2N2S2. The average Bonchev–Trinajstić information content (AvgIpc) is 2.85. The molecule has 0 aliphatic rings. The van der Waals surface area contributed by atoms with Crippen LogP contribution in [0.2, 0.25) is 10.0 Å². The number of hydrogen-bond acceptors (Lipinski definition) is 4. The van der Waals surface area contributed by atoms with E-state index in [1.165, 1.54) is 16.6 Å². The fourth-order valence-electron chi connectivity index (χ4n) is 1.62. The molecule has 0 aliphatic heterocycles. The number of nitrogens with zero attached hydrogens (tertiary/aromatic N) is 2. The van der Waals surface area contributed by atoms with Crippen LogP contribution >= 0.6 is 46.5 Å². The third-order valence-electron chi connectivity index (χ3n) is 2.55. The van der Waals surface area contributed by atoms with Gasteiger partial charge in [-0.2, -0.15) is 0 Å². The van der Waals surface area contributed by atoms with Crippen molar-refractivity contribution >= 4 is 62.9 Å². The van der Waals surface area contributed by atoms with Crippen molar-refractivity contribution in [2.24, 2.45) is 4.40 Å². The Morgan fingerprint density at radius 2 is 1.95 bits per heavy atom. The molecule has 0 spiro atoms. The number of para-hydroxylation sites is 1. The predicted molar refractivity (Wildman–Crippen MR) is 89.5 cm³/mol. The summed E-state index contributed by atoms with van der Waals surface area (Å²) in [5.41, 5.74) is 1.91. The average molecular weight is 339 g/mol. The van der Waals surface area contributed by atoms with Gasteiger partial charge in [0.15, 0.2) is 4.34 Å². The van der Waals surface area contributed by atoms with E-state index < -0.39 is 0 Å². The van der Waals surface area contributed by atoms with Crippen LogP contribution < -0.4 is 0 Å². The van der Waals surface area contributed by atoms with Gasteiger partial charge in [-0.3, -0.25) is 0 Å². The third-order valence-corrected chi connectivity index (χ3v) is 5.05. The number of hydrogen-bond donors (Lipinski definition) is 0. The maximum atomic E-state index is 5.95. The first-order chi connectivity index (χ1) is 9.72. The van der Waals surface area contributed by atoms with Gasteiger partial charge in [0.05, 0.1) is 20.3 Å². The molecule has 1 aromatic heterocycles. The minimum atomic E-state index is 0.528. The van der Waals surface area contributed by atoms with E-state index in [2.05, 4.69) is 15.4 Å². The molecule has 0 saturated heterocycles. The molecule has 2 nitrogen and oxygen atoms in total. The van der Waals surface area contributed by atoms with E-state index in [1.54, 1.807) is 29.7 Å². The van der Waals surface area contributed by atoms with Crippen molar-refractivity contribution in [1.82, 2.24) is 4.98 Å². The molecule has 0 fully saturated rings. The van der Waals surface area contributed by atoms with Crippen molar-refractivity contribution in [3.05, 3.63) is 58.1 Å². The lowest BCUT2D eigenvalue weighted by Crippen LogP contribution is -1.79. The van der Waals surface area contributed by atoms with Crippen LogP contribution in [-0.4, -0.2) is 11.2 Å². The Bertz CT molecular complexity index is 751. The molecule has 2 aromatic carbocycles. The molecular weight excluding hydrogens is 331 g/mol. The summed E-state index contributed by atoms with van der Waals surface area (Å²) in [5, 5.41) is 1.07. The van der Waals surface area contributed by atoms with E-state index in [4.69, 9.17) is 23.2 Å². The highest BCUT2D eigenvalue weighted by Crippen LogP contribution is 2.30.